The molecule has 1 aliphatic rings. The molecular weight excluding hydrogens is 326 g/mol. The van der Waals surface area contributed by atoms with Crippen LogP contribution in [-0.4, -0.2) is 19.0 Å². The van der Waals surface area contributed by atoms with Crippen molar-refractivity contribution in [2.75, 3.05) is 13.1 Å². The molecule has 1 aromatic rings. The maximum absolute atomic E-state index is 5.98. The van der Waals surface area contributed by atoms with Crippen LogP contribution in [0, 0.1) is 5.92 Å². The Morgan fingerprint density at radius 3 is 2.95 bits per heavy atom. The summed E-state index contributed by atoms with van der Waals surface area (Å²) in [5.41, 5.74) is 7.01. The van der Waals surface area contributed by atoms with Gasteiger partial charge < -0.3 is 11.1 Å². The van der Waals surface area contributed by atoms with E-state index in [0.717, 1.165) is 34.9 Å². The summed E-state index contributed by atoms with van der Waals surface area (Å²) in [6.07, 6.45) is 4.80. The minimum atomic E-state index is 0.546. The fourth-order valence-electron chi connectivity index (χ4n) is 2.02. The molecule has 0 spiro atoms. The molecule has 0 amide bonds. The maximum Gasteiger partial charge on any atom is 0.188 e. The standard InChI is InChI=1S/C14H19BrClN3/c15-13-5-4-12(16)8-11(13)6-7-18-14(17)19-9-10-2-1-3-10/h4-5,8,10H,1-3,6-7,9H2,(H3,17,18,19). The number of hydrogen-bond acceptors (Lipinski definition) is 1. The zero-order valence-electron chi connectivity index (χ0n) is 10.8. The first kappa shape index (κ1) is 14.7. The van der Waals surface area contributed by atoms with E-state index in [1.807, 2.05) is 18.2 Å². The molecule has 0 atom stereocenters. The largest absolute Gasteiger partial charge is 0.370 e. The molecule has 2 rings (SSSR count). The Morgan fingerprint density at radius 1 is 1.47 bits per heavy atom. The van der Waals surface area contributed by atoms with Crippen LogP contribution >= 0.6 is 27.5 Å². The first-order chi connectivity index (χ1) is 9.15. The highest BCUT2D eigenvalue weighted by molar-refractivity contribution is 9.10. The minimum absolute atomic E-state index is 0.546. The molecule has 104 valence electrons. The number of nitrogens with two attached hydrogens (primary N) is 1. The number of hydrogen-bond donors (Lipinski definition) is 2. The number of halogens is 2. The molecule has 1 aliphatic carbocycles. The molecule has 19 heavy (non-hydrogen) atoms. The third-order valence-corrected chi connectivity index (χ3v) is 4.46. The van der Waals surface area contributed by atoms with Gasteiger partial charge in [0.15, 0.2) is 5.96 Å². The van der Waals surface area contributed by atoms with Crippen molar-refractivity contribution < 1.29 is 0 Å². The van der Waals surface area contributed by atoms with E-state index in [-0.39, 0.29) is 0 Å². The van der Waals surface area contributed by atoms with Crippen LogP contribution in [0.2, 0.25) is 5.02 Å². The van der Waals surface area contributed by atoms with Gasteiger partial charge in [-0.05, 0) is 48.9 Å². The van der Waals surface area contributed by atoms with Gasteiger partial charge in [-0.25, -0.2) is 0 Å². The van der Waals surface area contributed by atoms with Gasteiger partial charge in [-0.2, -0.15) is 0 Å². The van der Waals surface area contributed by atoms with Crippen molar-refractivity contribution in [3.05, 3.63) is 33.3 Å². The molecule has 1 fully saturated rings. The second-order valence-electron chi connectivity index (χ2n) is 4.94. The number of aliphatic imine (C=N–C) groups is 1. The van der Waals surface area contributed by atoms with Gasteiger partial charge in [0.25, 0.3) is 0 Å². The average molecular weight is 345 g/mol. The molecule has 0 bridgehead atoms. The topological polar surface area (TPSA) is 50.4 Å². The van der Waals surface area contributed by atoms with E-state index in [1.54, 1.807) is 0 Å². The lowest BCUT2D eigenvalue weighted by Crippen LogP contribution is -2.34. The first-order valence-electron chi connectivity index (χ1n) is 6.63. The van der Waals surface area contributed by atoms with Crippen LogP contribution in [0.1, 0.15) is 24.8 Å². The Hall–Kier alpha value is -0.740. The second-order valence-corrected chi connectivity index (χ2v) is 6.23. The average Bonchev–Trinajstić information content (AvgIpc) is 2.31. The minimum Gasteiger partial charge on any atom is -0.370 e. The number of rotatable bonds is 5. The summed E-state index contributed by atoms with van der Waals surface area (Å²) in [5.74, 6) is 1.30. The summed E-state index contributed by atoms with van der Waals surface area (Å²) in [6.45, 7) is 1.62. The highest BCUT2D eigenvalue weighted by atomic mass is 79.9. The predicted molar refractivity (Wildman–Crippen MR) is 84.7 cm³/mol. The fraction of sp³-hybridized carbons (Fsp3) is 0.500. The van der Waals surface area contributed by atoms with Crippen molar-refractivity contribution in [3.8, 4) is 0 Å². The summed E-state index contributed by atoms with van der Waals surface area (Å²) >= 11 is 9.49. The maximum atomic E-state index is 5.98. The van der Waals surface area contributed by atoms with E-state index in [9.17, 15) is 0 Å². The monoisotopic (exact) mass is 343 g/mol. The lowest BCUT2D eigenvalue weighted by molar-refractivity contribution is 0.326. The van der Waals surface area contributed by atoms with Crippen molar-refractivity contribution in [2.45, 2.75) is 25.7 Å². The highest BCUT2D eigenvalue weighted by Gasteiger charge is 2.16. The molecule has 3 N–H and O–H groups in total. The molecule has 0 unspecified atom stereocenters. The molecule has 1 aromatic carbocycles. The van der Waals surface area contributed by atoms with Crippen LogP contribution in [0.5, 0.6) is 0 Å². The molecule has 0 aliphatic heterocycles. The Balaban J connectivity index is 1.74. The Bertz CT molecular complexity index is 458. The van der Waals surface area contributed by atoms with Crippen molar-refractivity contribution in [1.82, 2.24) is 5.32 Å². The number of benzene rings is 1. The van der Waals surface area contributed by atoms with Gasteiger partial charge in [0, 0.05) is 22.6 Å². The fourth-order valence-corrected chi connectivity index (χ4v) is 2.66. The van der Waals surface area contributed by atoms with Gasteiger partial charge in [0.2, 0.25) is 0 Å². The van der Waals surface area contributed by atoms with E-state index in [1.165, 1.54) is 24.8 Å². The van der Waals surface area contributed by atoms with E-state index in [4.69, 9.17) is 17.3 Å². The lowest BCUT2D eigenvalue weighted by Gasteiger charge is -2.23. The molecule has 0 saturated heterocycles. The van der Waals surface area contributed by atoms with E-state index in [0.29, 0.717) is 5.96 Å². The van der Waals surface area contributed by atoms with Crippen molar-refractivity contribution >= 4 is 33.5 Å². The van der Waals surface area contributed by atoms with Crippen molar-refractivity contribution in [3.63, 3.8) is 0 Å². The normalized spacial score (nSPS) is 16.2. The first-order valence-corrected chi connectivity index (χ1v) is 7.80. The van der Waals surface area contributed by atoms with Gasteiger partial charge in [-0.1, -0.05) is 34.0 Å². The van der Waals surface area contributed by atoms with Gasteiger partial charge >= 0.3 is 0 Å². The summed E-state index contributed by atoms with van der Waals surface area (Å²) in [5, 5.41) is 3.90. The zero-order chi connectivity index (χ0) is 13.7. The predicted octanol–water partition coefficient (Wildman–Crippen LogP) is 3.35. The third kappa shape index (κ3) is 4.69. The molecule has 0 radical (unpaired) electrons. The summed E-state index contributed by atoms with van der Waals surface area (Å²) < 4.78 is 1.07. The smallest absolute Gasteiger partial charge is 0.188 e. The zero-order valence-corrected chi connectivity index (χ0v) is 13.2. The third-order valence-electron chi connectivity index (χ3n) is 3.45. The SMILES string of the molecule is NC(=NCC1CCC1)NCCc1cc(Cl)ccc1Br. The van der Waals surface area contributed by atoms with Gasteiger partial charge in [-0.3, -0.25) is 4.99 Å². The number of nitrogens with zero attached hydrogens (tertiary/aromatic N) is 1. The summed E-state index contributed by atoms with van der Waals surface area (Å²) in [4.78, 5) is 4.36. The second kappa shape index (κ2) is 7.15. The molecule has 5 heteroatoms. The highest BCUT2D eigenvalue weighted by Crippen LogP contribution is 2.26. The van der Waals surface area contributed by atoms with Crippen molar-refractivity contribution in [2.24, 2.45) is 16.6 Å². The van der Waals surface area contributed by atoms with Crippen LogP contribution in [0.4, 0.5) is 0 Å². The van der Waals surface area contributed by atoms with Gasteiger partial charge in [-0.15, -0.1) is 0 Å². The van der Waals surface area contributed by atoms with Crippen LogP contribution in [0.3, 0.4) is 0 Å². The van der Waals surface area contributed by atoms with Crippen LogP contribution < -0.4 is 11.1 Å². The lowest BCUT2D eigenvalue weighted by atomic mass is 9.86. The number of nitrogens with one attached hydrogen (secondary N) is 1. The summed E-state index contributed by atoms with van der Waals surface area (Å²) in [7, 11) is 0. The van der Waals surface area contributed by atoms with Crippen LogP contribution in [0.25, 0.3) is 0 Å². The van der Waals surface area contributed by atoms with E-state index in [2.05, 4.69) is 26.2 Å². The molecule has 1 saturated carbocycles. The van der Waals surface area contributed by atoms with Crippen molar-refractivity contribution in [1.29, 1.82) is 0 Å². The van der Waals surface area contributed by atoms with Gasteiger partial charge in [0.05, 0.1) is 0 Å². The van der Waals surface area contributed by atoms with Crippen LogP contribution in [-0.2, 0) is 6.42 Å². The number of guanidine groups is 1. The quantitative estimate of drug-likeness (QED) is 0.636. The van der Waals surface area contributed by atoms with Gasteiger partial charge in [0.1, 0.15) is 0 Å². The molecular formula is C14H19BrClN3. The van der Waals surface area contributed by atoms with E-state index >= 15 is 0 Å². The summed E-state index contributed by atoms with van der Waals surface area (Å²) in [6, 6.07) is 5.80. The Kier molecular flexibility index (Phi) is 5.52. The van der Waals surface area contributed by atoms with Crippen LogP contribution in [0.15, 0.2) is 27.7 Å². The van der Waals surface area contributed by atoms with E-state index < -0.39 is 0 Å². The Morgan fingerprint density at radius 2 is 2.26 bits per heavy atom. The molecule has 0 heterocycles. The Labute approximate surface area is 127 Å². The molecule has 3 nitrogen and oxygen atoms in total. The molecule has 0 aromatic heterocycles.